The largest absolute Gasteiger partial charge is 0.494 e. The van der Waals surface area contributed by atoms with Gasteiger partial charge in [-0.15, -0.1) is 0 Å². The quantitative estimate of drug-likeness (QED) is 0.167. The van der Waals surface area contributed by atoms with Gasteiger partial charge in [0.05, 0.1) is 19.4 Å². The summed E-state index contributed by atoms with van der Waals surface area (Å²) < 4.78 is 79.0. The van der Waals surface area contributed by atoms with E-state index < -0.39 is 29.4 Å². The van der Waals surface area contributed by atoms with Crippen molar-refractivity contribution in [3.05, 3.63) is 76.8 Å². The Morgan fingerprint density at radius 3 is 2.47 bits per heavy atom. The summed E-state index contributed by atoms with van der Waals surface area (Å²) in [6, 6.07) is 8.27. The second kappa shape index (κ2) is 12.0. The third-order valence-corrected chi connectivity index (χ3v) is 7.21. The predicted octanol–water partition coefficient (Wildman–Crippen LogP) is 5.56. The summed E-state index contributed by atoms with van der Waals surface area (Å²) in [5, 5.41) is 4.26. The number of nitrogens with two attached hydrogens (primary N) is 1. The maximum Gasteiger partial charge on any atom is 0.433 e. The SMILES string of the molecule is CO/N=C(\c1ccc(F)cc1F)C1CCN(C(=O)c2nc(-c3ccc(OC)c4nc(C(F)(F)F)ccc34)oc2CN)CC1. The van der Waals surface area contributed by atoms with E-state index in [0.717, 1.165) is 18.2 Å². The monoisotopic (exact) mass is 603 g/mol. The van der Waals surface area contributed by atoms with Gasteiger partial charge in [0.2, 0.25) is 5.89 Å². The van der Waals surface area contributed by atoms with E-state index in [1.165, 1.54) is 32.4 Å². The van der Waals surface area contributed by atoms with Crippen molar-refractivity contribution in [3.63, 3.8) is 0 Å². The number of amides is 1. The number of ether oxygens (including phenoxy) is 1. The van der Waals surface area contributed by atoms with Gasteiger partial charge in [0.25, 0.3) is 5.91 Å². The lowest BCUT2D eigenvalue weighted by Gasteiger charge is -2.32. The van der Waals surface area contributed by atoms with Crippen molar-refractivity contribution in [1.29, 1.82) is 0 Å². The molecule has 0 spiro atoms. The third-order valence-electron chi connectivity index (χ3n) is 7.21. The Labute approximate surface area is 242 Å². The number of oxazole rings is 1. The zero-order valence-corrected chi connectivity index (χ0v) is 23.0. The molecule has 0 unspecified atom stereocenters. The van der Waals surface area contributed by atoms with Gasteiger partial charge in [-0.25, -0.2) is 18.7 Å². The van der Waals surface area contributed by atoms with E-state index >= 15 is 0 Å². The van der Waals surface area contributed by atoms with Crippen LogP contribution in [0.25, 0.3) is 22.4 Å². The first-order chi connectivity index (χ1) is 20.5. The average Bonchev–Trinajstić information content (AvgIpc) is 3.43. The fourth-order valence-electron chi connectivity index (χ4n) is 5.12. The van der Waals surface area contributed by atoms with E-state index in [-0.39, 0.29) is 65.1 Å². The molecule has 9 nitrogen and oxygen atoms in total. The Morgan fingerprint density at radius 2 is 1.84 bits per heavy atom. The molecule has 4 aromatic rings. The van der Waals surface area contributed by atoms with E-state index in [1.807, 2.05) is 0 Å². The van der Waals surface area contributed by atoms with Gasteiger partial charge in [-0.2, -0.15) is 13.2 Å². The van der Waals surface area contributed by atoms with Gasteiger partial charge < -0.3 is 24.6 Å². The molecule has 1 aliphatic rings. The number of pyridine rings is 1. The van der Waals surface area contributed by atoms with Gasteiger partial charge in [0.1, 0.15) is 35.7 Å². The van der Waals surface area contributed by atoms with E-state index in [9.17, 15) is 26.7 Å². The number of nitrogens with zero attached hydrogens (tertiary/aromatic N) is 4. The minimum atomic E-state index is -4.67. The number of alkyl halides is 3. The molecule has 3 heterocycles. The molecule has 0 saturated carbocycles. The number of benzene rings is 2. The number of hydrogen-bond acceptors (Lipinski definition) is 8. The Morgan fingerprint density at radius 1 is 1.09 bits per heavy atom. The number of hydrogen-bond donors (Lipinski definition) is 1. The standard InChI is InChI=1S/C29H26F5N5O4/c1-41-21-7-5-18(17-6-8-23(29(32,33)34)36-25(17)21)27-37-26(22(14-35)43-27)28(40)39-11-9-15(10-12-39)24(38-42-2)19-4-3-16(30)13-20(19)31/h3-8,13,15H,9-12,14,35H2,1-2H3/b38-24-. The number of fused-ring (bicyclic) bond motifs is 1. The summed E-state index contributed by atoms with van der Waals surface area (Å²) in [6.45, 7) is 0.358. The number of halogens is 5. The maximum atomic E-state index is 14.5. The molecule has 2 N–H and O–H groups in total. The number of methoxy groups -OCH3 is 1. The summed E-state index contributed by atoms with van der Waals surface area (Å²) in [7, 11) is 2.64. The zero-order valence-electron chi connectivity index (χ0n) is 23.0. The van der Waals surface area contributed by atoms with Gasteiger partial charge >= 0.3 is 6.18 Å². The molecule has 1 aliphatic heterocycles. The minimum Gasteiger partial charge on any atom is -0.494 e. The zero-order chi connectivity index (χ0) is 30.9. The second-order valence-electron chi connectivity index (χ2n) is 9.75. The number of carbonyl (C=O) groups excluding carboxylic acids is 1. The molecule has 0 aliphatic carbocycles. The normalized spacial score (nSPS) is 14.8. The van der Waals surface area contributed by atoms with E-state index in [4.69, 9.17) is 19.7 Å². The fraction of sp³-hybridized carbons (Fsp3) is 0.310. The van der Waals surface area contributed by atoms with Crippen LogP contribution in [0.5, 0.6) is 5.75 Å². The van der Waals surface area contributed by atoms with Crippen molar-refractivity contribution in [2.45, 2.75) is 25.6 Å². The molecule has 2 aromatic carbocycles. The van der Waals surface area contributed by atoms with Crippen LogP contribution in [0.2, 0.25) is 0 Å². The molecule has 1 amide bonds. The van der Waals surface area contributed by atoms with E-state index in [2.05, 4.69) is 15.1 Å². The molecule has 0 bridgehead atoms. The molecule has 0 atom stereocenters. The number of aromatic nitrogens is 2. The number of oxime groups is 1. The Bertz CT molecular complexity index is 1700. The van der Waals surface area contributed by atoms with Crippen LogP contribution in [0.15, 0.2) is 52.0 Å². The summed E-state index contributed by atoms with van der Waals surface area (Å²) in [6.07, 6.45) is -3.85. The number of rotatable bonds is 7. The summed E-state index contributed by atoms with van der Waals surface area (Å²) in [5.74, 6) is -2.02. The molecule has 0 radical (unpaired) electrons. The average molecular weight is 604 g/mol. The van der Waals surface area contributed by atoms with Crippen molar-refractivity contribution < 1.29 is 40.7 Å². The van der Waals surface area contributed by atoms with Crippen LogP contribution in [0.3, 0.4) is 0 Å². The number of carbonyl (C=O) groups is 1. The van der Waals surface area contributed by atoms with Crippen molar-refractivity contribution in [2.24, 2.45) is 16.8 Å². The van der Waals surface area contributed by atoms with Crippen molar-refractivity contribution in [2.75, 3.05) is 27.3 Å². The second-order valence-corrected chi connectivity index (χ2v) is 9.75. The Kier molecular flexibility index (Phi) is 8.31. The van der Waals surface area contributed by atoms with Gasteiger partial charge in [0.15, 0.2) is 11.5 Å². The summed E-state index contributed by atoms with van der Waals surface area (Å²) >= 11 is 0. The van der Waals surface area contributed by atoms with Crippen LogP contribution in [-0.4, -0.2) is 53.8 Å². The predicted molar refractivity (Wildman–Crippen MR) is 145 cm³/mol. The Balaban J connectivity index is 1.41. The first-order valence-corrected chi connectivity index (χ1v) is 13.2. The fourth-order valence-corrected chi connectivity index (χ4v) is 5.12. The first kappa shape index (κ1) is 29.9. The Hall–Kier alpha value is -4.59. The minimum absolute atomic E-state index is 0.0193. The highest BCUT2D eigenvalue weighted by Crippen LogP contribution is 2.37. The highest BCUT2D eigenvalue weighted by atomic mass is 19.4. The molecular formula is C29H26F5N5O4. The highest BCUT2D eigenvalue weighted by Gasteiger charge is 2.34. The third kappa shape index (κ3) is 5.87. The summed E-state index contributed by atoms with van der Waals surface area (Å²) in [5.41, 5.74) is 5.41. The maximum absolute atomic E-state index is 14.5. The lowest BCUT2D eigenvalue weighted by Crippen LogP contribution is -2.41. The van der Waals surface area contributed by atoms with Crippen LogP contribution in [0.4, 0.5) is 22.0 Å². The smallest absolute Gasteiger partial charge is 0.433 e. The van der Waals surface area contributed by atoms with Crippen LogP contribution >= 0.6 is 0 Å². The number of likely N-dealkylation sites (tertiary alicyclic amines) is 1. The van der Waals surface area contributed by atoms with Crippen LogP contribution in [0.1, 0.15) is 40.3 Å². The molecule has 43 heavy (non-hydrogen) atoms. The van der Waals surface area contributed by atoms with Gasteiger partial charge in [-0.05, 0) is 49.2 Å². The van der Waals surface area contributed by atoms with Crippen LogP contribution in [0, 0.1) is 17.6 Å². The molecule has 2 aromatic heterocycles. The van der Waals surface area contributed by atoms with Gasteiger partial charge in [-0.1, -0.05) is 5.16 Å². The van der Waals surface area contributed by atoms with Crippen molar-refractivity contribution in [1.82, 2.24) is 14.9 Å². The van der Waals surface area contributed by atoms with Gasteiger partial charge in [0, 0.05) is 41.6 Å². The van der Waals surface area contributed by atoms with Crippen LogP contribution in [-0.2, 0) is 17.6 Å². The lowest BCUT2D eigenvalue weighted by molar-refractivity contribution is -0.140. The van der Waals surface area contributed by atoms with Crippen LogP contribution < -0.4 is 10.5 Å². The first-order valence-electron chi connectivity index (χ1n) is 13.2. The molecule has 5 rings (SSSR count). The van der Waals surface area contributed by atoms with E-state index in [0.29, 0.717) is 24.1 Å². The number of piperidine rings is 1. The molecular weight excluding hydrogens is 577 g/mol. The van der Waals surface area contributed by atoms with Gasteiger partial charge in [-0.3, -0.25) is 4.79 Å². The molecule has 1 fully saturated rings. The van der Waals surface area contributed by atoms with Crippen molar-refractivity contribution >= 4 is 22.5 Å². The molecule has 1 saturated heterocycles. The van der Waals surface area contributed by atoms with Crippen molar-refractivity contribution in [3.8, 4) is 17.2 Å². The highest BCUT2D eigenvalue weighted by molar-refractivity contribution is 6.02. The summed E-state index contributed by atoms with van der Waals surface area (Å²) in [4.78, 5) is 28.2. The topological polar surface area (TPSA) is 116 Å². The molecule has 226 valence electrons. The lowest BCUT2D eigenvalue weighted by atomic mass is 9.87. The molecule has 14 heteroatoms. The van der Waals surface area contributed by atoms with E-state index in [1.54, 1.807) is 11.0 Å².